The van der Waals surface area contributed by atoms with Crippen LogP contribution >= 0.6 is 0 Å². The van der Waals surface area contributed by atoms with Crippen LogP contribution in [0.3, 0.4) is 0 Å². The Kier molecular flexibility index (Phi) is 1.95. The van der Waals surface area contributed by atoms with Crippen molar-refractivity contribution in [3.63, 3.8) is 0 Å². The normalized spacial score (nSPS) is 21.6. The van der Waals surface area contributed by atoms with E-state index in [1.54, 1.807) is 0 Å². The molecule has 3 rings (SSSR count). The third kappa shape index (κ3) is 1.22. The first-order chi connectivity index (χ1) is 6.95. The fourth-order valence-corrected chi connectivity index (χ4v) is 2.44. The molecule has 1 N–H and O–H groups in total. The van der Waals surface area contributed by atoms with Crippen molar-refractivity contribution < 1.29 is 0 Å². The van der Waals surface area contributed by atoms with Crippen molar-refractivity contribution in [1.82, 2.24) is 5.32 Å². The Bertz CT molecular complexity index is 331. The number of para-hydroxylation sites is 1. The molecule has 0 amide bonds. The molecule has 2 aliphatic rings. The predicted molar refractivity (Wildman–Crippen MR) is 58.8 cm³/mol. The SMILES string of the molecule is c1ccc2c(c1)CCCN2C1CNC1. The highest BCUT2D eigenvalue weighted by atomic mass is 15.2. The average molecular weight is 188 g/mol. The molecule has 1 saturated heterocycles. The van der Waals surface area contributed by atoms with Gasteiger partial charge in [0, 0.05) is 25.3 Å². The summed E-state index contributed by atoms with van der Waals surface area (Å²) in [4.78, 5) is 2.58. The van der Waals surface area contributed by atoms with E-state index in [4.69, 9.17) is 0 Å². The molecule has 0 bridgehead atoms. The molecular formula is C12H16N2. The van der Waals surface area contributed by atoms with Crippen molar-refractivity contribution >= 4 is 5.69 Å². The van der Waals surface area contributed by atoms with Gasteiger partial charge >= 0.3 is 0 Å². The molecule has 2 heteroatoms. The van der Waals surface area contributed by atoms with Crippen molar-refractivity contribution in [3.8, 4) is 0 Å². The Morgan fingerprint density at radius 2 is 2.07 bits per heavy atom. The summed E-state index contributed by atoms with van der Waals surface area (Å²) in [5.74, 6) is 0. The largest absolute Gasteiger partial charge is 0.366 e. The standard InChI is InChI=1S/C12H16N2/c1-2-6-12-10(4-1)5-3-7-14(12)11-8-13-9-11/h1-2,4,6,11,13H,3,5,7-9H2. The lowest BCUT2D eigenvalue weighted by molar-refractivity contribution is 0.405. The zero-order valence-electron chi connectivity index (χ0n) is 8.37. The van der Waals surface area contributed by atoms with Crippen LogP contribution in [-0.4, -0.2) is 25.7 Å². The van der Waals surface area contributed by atoms with Crippen molar-refractivity contribution in [2.24, 2.45) is 0 Å². The van der Waals surface area contributed by atoms with E-state index >= 15 is 0 Å². The first-order valence-electron chi connectivity index (χ1n) is 5.50. The summed E-state index contributed by atoms with van der Waals surface area (Å²) in [7, 11) is 0. The van der Waals surface area contributed by atoms with Crippen LogP contribution < -0.4 is 10.2 Å². The number of hydrogen-bond acceptors (Lipinski definition) is 2. The van der Waals surface area contributed by atoms with Crippen molar-refractivity contribution in [2.45, 2.75) is 18.9 Å². The maximum absolute atomic E-state index is 3.35. The number of nitrogens with zero attached hydrogens (tertiary/aromatic N) is 1. The summed E-state index contributed by atoms with van der Waals surface area (Å²) in [6.07, 6.45) is 2.57. The Morgan fingerprint density at radius 1 is 1.21 bits per heavy atom. The average Bonchev–Trinajstić information content (AvgIpc) is 2.16. The van der Waals surface area contributed by atoms with E-state index in [0.717, 1.165) is 19.1 Å². The van der Waals surface area contributed by atoms with Gasteiger partial charge in [0.05, 0.1) is 6.04 Å². The molecule has 1 fully saturated rings. The zero-order valence-corrected chi connectivity index (χ0v) is 8.37. The molecule has 0 spiro atoms. The van der Waals surface area contributed by atoms with Gasteiger partial charge < -0.3 is 10.2 Å². The van der Waals surface area contributed by atoms with Crippen LogP contribution in [0.25, 0.3) is 0 Å². The van der Waals surface area contributed by atoms with Crippen molar-refractivity contribution in [3.05, 3.63) is 29.8 Å². The molecule has 1 aromatic rings. The summed E-state index contributed by atoms with van der Waals surface area (Å²) < 4.78 is 0. The molecule has 0 aliphatic carbocycles. The number of anilines is 1. The fourth-order valence-electron chi connectivity index (χ4n) is 2.44. The second-order valence-corrected chi connectivity index (χ2v) is 4.24. The second-order valence-electron chi connectivity index (χ2n) is 4.24. The molecule has 2 heterocycles. The molecule has 0 aromatic heterocycles. The first kappa shape index (κ1) is 8.30. The van der Waals surface area contributed by atoms with E-state index in [1.807, 2.05) is 0 Å². The number of fused-ring (bicyclic) bond motifs is 1. The molecule has 2 nitrogen and oxygen atoms in total. The van der Waals surface area contributed by atoms with Gasteiger partial charge in [0.2, 0.25) is 0 Å². The molecule has 0 unspecified atom stereocenters. The highest BCUT2D eigenvalue weighted by molar-refractivity contribution is 5.56. The number of rotatable bonds is 1. The van der Waals surface area contributed by atoms with Gasteiger partial charge in [-0.05, 0) is 24.5 Å². The third-order valence-electron chi connectivity index (χ3n) is 3.35. The third-order valence-corrected chi connectivity index (χ3v) is 3.35. The quantitative estimate of drug-likeness (QED) is 0.717. The first-order valence-corrected chi connectivity index (χ1v) is 5.50. The van der Waals surface area contributed by atoms with Crippen LogP contribution in [-0.2, 0) is 6.42 Å². The van der Waals surface area contributed by atoms with Crippen molar-refractivity contribution in [2.75, 3.05) is 24.5 Å². The van der Waals surface area contributed by atoms with Crippen LogP contribution in [0.15, 0.2) is 24.3 Å². The van der Waals surface area contributed by atoms with Gasteiger partial charge in [0.15, 0.2) is 0 Å². The predicted octanol–water partition coefficient (Wildman–Crippen LogP) is 1.41. The maximum Gasteiger partial charge on any atom is 0.0539 e. The monoisotopic (exact) mass is 188 g/mol. The van der Waals surface area contributed by atoms with Gasteiger partial charge in [-0.1, -0.05) is 18.2 Å². The molecule has 0 atom stereocenters. The summed E-state index contributed by atoms with van der Waals surface area (Å²) >= 11 is 0. The lowest BCUT2D eigenvalue weighted by Gasteiger charge is -2.42. The minimum atomic E-state index is 0.747. The van der Waals surface area contributed by atoms with Gasteiger partial charge in [-0.25, -0.2) is 0 Å². The Hall–Kier alpha value is -1.02. The summed E-state index contributed by atoms with van der Waals surface area (Å²) in [5.41, 5.74) is 3.01. The van der Waals surface area contributed by atoms with Crippen molar-refractivity contribution in [1.29, 1.82) is 0 Å². The maximum atomic E-state index is 3.35. The summed E-state index contributed by atoms with van der Waals surface area (Å²) in [5, 5.41) is 3.35. The van der Waals surface area contributed by atoms with E-state index in [2.05, 4.69) is 34.5 Å². The highest BCUT2D eigenvalue weighted by Gasteiger charge is 2.27. The van der Waals surface area contributed by atoms with Gasteiger partial charge in [0.1, 0.15) is 0 Å². The Morgan fingerprint density at radius 3 is 2.86 bits per heavy atom. The second kappa shape index (κ2) is 3.28. The van der Waals surface area contributed by atoms with Gasteiger partial charge in [-0.2, -0.15) is 0 Å². The van der Waals surface area contributed by atoms with E-state index in [1.165, 1.54) is 30.6 Å². The van der Waals surface area contributed by atoms with E-state index in [0.29, 0.717) is 0 Å². The highest BCUT2D eigenvalue weighted by Crippen LogP contribution is 2.29. The molecular weight excluding hydrogens is 172 g/mol. The minimum Gasteiger partial charge on any atom is -0.366 e. The zero-order chi connectivity index (χ0) is 9.38. The topological polar surface area (TPSA) is 15.3 Å². The number of aryl methyl sites for hydroxylation is 1. The lowest BCUT2D eigenvalue weighted by atomic mass is 9.98. The van der Waals surface area contributed by atoms with Crippen LogP contribution in [0.2, 0.25) is 0 Å². The van der Waals surface area contributed by atoms with Gasteiger partial charge in [-0.3, -0.25) is 0 Å². The molecule has 14 heavy (non-hydrogen) atoms. The minimum absolute atomic E-state index is 0.747. The van der Waals surface area contributed by atoms with Gasteiger partial charge in [-0.15, -0.1) is 0 Å². The number of hydrogen-bond donors (Lipinski definition) is 1. The van der Waals surface area contributed by atoms with E-state index in [-0.39, 0.29) is 0 Å². The lowest BCUT2D eigenvalue weighted by Crippen LogP contribution is -2.58. The van der Waals surface area contributed by atoms with Gasteiger partial charge in [0.25, 0.3) is 0 Å². The number of benzene rings is 1. The number of nitrogens with one attached hydrogen (secondary N) is 1. The summed E-state index contributed by atoms with van der Waals surface area (Å²) in [6, 6.07) is 9.60. The molecule has 0 saturated carbocycles. The molecule has 2 aliphatic heterocycles. The van der Waals surface area contributed by atoms with E-state index in [9.17, 15) is 0 Å². The van der Waals surface area contributed by atoms with Crippen LogP contribution in [0.5, 0.6) is 0 Å². The molecule has 0 radical (unpaired) electrons. The summed E-state index contributed by atoms with van der Waals surface area (Å²) in [6.45, 7) is 3.56. The van der Waals surface area contributed by atoms with Crippen LogP contribution in [0, 0.1) is 0 Å². The fraction of sp³-hybridized carbons (Fsp3) is 0.500. The Balaban J connectivity index is 1.93. The van der Waals surface area contributed by atoms with Crippen LogP contribution in [0.4, 0.5) is 5.69 Å². The smallest absolute Gasteiger partial charge is 0.0539 e. The Labute approximate surface area is 84.9 Å². The van der Waals surface area contributed by atoms with E-state index < -0.39 is 0 Å². The molecule has 74 valence electrons. The molecule has 1 aromatic carbocycles. The van der Waals surface area contributed by atoms with Crippen LogP contribution in [0.1, 0.15) is 12.0 Å².